The maximum Gasteiger partial charge on any atom is 0.341 e. The van der Waals surface area contributed by atoms with Gasteiger partial charge in [0.05, 0.1) is 10.9 Å². The van der Waals surface area contributed by atoms with Crippen LogP contribution in [0.4, 0.5) is 0 Å². The Kier molecular flexibility index (Phi) is 3.21. The lowest BCUT2D eigenvalue weighted by Gasteiger charge is -2.21. The predicted octanol–water partition coefficient (Wildman–Crippen LogP) is 0.543. The van der Waals surface area contributed by atoms with E-state index in [2.05, 4.69) is 0 Å². The van der Waals surface area contributed by atoms with Gasteiger partial charge in [0.15, 0.2) is 11.5 Å². The molecule has 0 atom stereocenters. The highest BCUT2D eigenvalue weighted by Crippen LogP contribution is 2.35. The molecular formula is C14H12N2O6. The largest absolute Gasteiger partial charge is 0.477 e. The van der Waals surface area contributed by atoms with Gasteiger partial charge in [0.1, 0.15) is 5.56 Å². The molecule has 0 aliphatic carbocycles. The van der Waals surface area contributed by atoms with E-state index in [1.54, 1.807) is 13.0 Å². The number of hydrogen-bond donors (Lipinski definition) is 1. The number of amides is 1. The average molecular weight is 304 g/mol. The Labute approximate surface area is 124 Å². The first-order valence-electron chi connectivity index (χ1n) is 6.51. The van der Waals surface area contributed by atoms with E-state index in [4.69, 9.17) is 9.47 Å². The number of nitrogens with zero attached hydrogens (tertiary/aromatic N) is 2. The molecule has 0 unspecified atom stereocenters. The van der Waals surface area contributed by atoms with Crippen LogP contribution in [0.2, 0.25) is 0 Å². The minimum absolute atomic E-state index is 0.0246. The molecule has 0 radical (unpaired) electrons. The van der Waals surface area contributed by atoms with E-state index in [0.717, 1.165) is 6.20 Å². The lowest BCUT2D eigenvalue weighted by molar-refractivity contribution is -0.108. The van der Waals surface area contributed by atoms with Crippen molar-refractivity contribution in [3.8, 4) is 11.5 Å². The van der Waals surface area contributed by atoms with Crippen LogP contribution >= 0.6 is 0 Å². The number of aromatic nitrogens is 1. The summed E-state index contributed by atoms with van der Waals surface area (Å²) in [4.78, 5) is 34.8. The molecule has 3 rings (SSSR count). The highest BCUT2D eigenvalue weighted by Gasteiger charge is 2.21. The summed E-state index contributed by atoms with van der Waals surface area (Å²) in [5.74, 6) is -0.557. The van der Waals surface area contributed by atoms with Crippen molar-refractivity contribution < 1.29 is 24.2 Å². The quantitative estimate of drug-likeness (QED) is 0.828. The molecule has 0 saturated heterocycles. The van der Waals surface area contributed by atoms with Crippen LogP contribution in [0.3, 0.4) is 0 Å². The van der Waals surface area contributed by atoms with Crippen LogP contribution in [0, 0.1) is 0 Å². The van der Waals surface area contributed by atoms with Gasteiger partial charge in [-0.15, -0.1) is 0 Å². The van der Waals surface area contributed by atoms with E-state index >= 15 is 0 Å². The predicted molar refractivity (Wildman–Crippen MR) is 76.1 cm³/mol. The molecule has 2 aromatic rings. The van der Waals surface area contributed by atoms with Gasteiger partial charge in [-0.05, 0) is 13.0 Å². The van der Waals surface area contributed by atoms with Crippen LogP contribution in [0.5, 0.6) is 11.5 Å². The molecule has 22 heavy (non-hydrogen) atoms. The number of carboxylic acids is 1. The Bertz CT molecular complexity index is 841. The summed E-state index contributed by atoms with van der Waals surface area (Å²) in [5, 5.41) is 10.6. The summed E-state index contributed by atoms with van der Waals surface area (Å²) < 4.78 is 11.8. The number of benzene rings is 1. The lowest BCUT2D eigenvalue weighted by atomic mass is 10.1. The summed E-state index contributed by atoms with van der Waals surface area (Å²) in [6, 6.07) is 2.98. The summed E-state index contributed by atoms with van der Waals surface area (Å²) in [7, 11) is 0. The number of aromatic carboxylic acids is 1. The fourth-order valence-corrected chi connectivity index (χ4v) is 2.34. The van der Waals surface area contributed by atoms with Crippen molar-refractivity contribution in [2.75, 3.05) is 18.3 Å². The normalized spacial score (nSPS) is 12.4. The second kappa shape index (κ2) is 5.06. The van der Waals surface area contributed by atoms with Gasteiger partial charge in [-0.3, -0.25) is 19.3 Å². The van der Waals surface area contributed by atoms with E-state index in [0.29, 0.717) is 30.0 Å². The molecule has 1 N–H and O–H groups in total. The molecule has 0 saturated carbocycles. The molecule has 1 aliphatic heterocycles. The molecule has 2 heterocycles. The Morgan fingerprint density at radius 2 is 2.09 bits per heavy atom. The molecule has 1 aromatic heterocycles. The first-order valence-corrected chi connectivity index (χ1v) is 6.51. The number of ether oxygens (including phenoxy) is 2. The fraction of sp³-hybridized carbons (Fsp3) is 0.214. The van der Waals surface area contributed by atoms with Crippen LogP contribution in [0.25, 0.3) is 10.9 Å². The number of pyridine rings is 1. The number of hydrogen-bond acceptors (Lipinski definition) is 5. The highest BCUT2D eigenvalue weighted by molar-refractivity contribution is 5.94. The maximum atomic E-state index is 12.3. The molecule has 8 heteroatoms. The third kappa shape index (κ3) is 1.96. The Morgan fingerprint density at radius 3 is 2.68 bits per heavy atom. The monoisotopic (exact) mass is 304 g/mol. The van der Waals surface area contributed by atoms with Gasteiger partial charge in [-0.1, -0.05) is 0 Å². The Balaban J connectivity index is 2.42. The van der Waals surface area contributed by atoms with Crippen LogP contribution in [0.15, 0.2) is 23.1 Å². The van der Waals surface area contributed by atoms with Crippen LogP contribution in [0.1, 0.15) is 17.3 Å². The van der Waals surface area contributed by atoms with Crippen molar-refractivity contribution in [2.24, 2.45) is 0 Å². The van der Waals surface area contributed by atoms with Gasteiger partial charge < -0.3 is 14.6 Å². The molecule has 1 aromatic carbocycles. The molecule has 1 amide bonds. The number of rotatable bonds is 4. The van der Waals surface area contributed by atoms with Gasteiger partial charge >= 0.3 is 5.97 Å². The van der Waals surface area contributed by atoms with Crippen molar-refractivity contribution in [3.05, 3.63) is 34.1 Å². The van der Waals surface area contributed by atoms with Gasteiger partial charge in [-0.25, -0.2) is 4.79 Å². The van der Waals surface area contributed by atoms with Crippen LogP contribution in [-0.4, -0.2) is 35.5 Å². The summed E-state index contributed by atoms with van der Waals surface area (Å²) >= 11 is 0. The minimum atomic E-state index is -1.36. The summed E-state index contributed by atoms with van der Waals surface area (Å²) in [6.07, 6.45) is 1.69. The SMILES string of the molecule is CCN(C=O)n1cc(C(=O)O)c(=O)c2cc3c(cc21)OCO3. The van der Waals surface area contributed by atoms with Crippen LogP contribution in [-0.2, 0) is 4.79 Å². The smallest absolute Gasteiger partial charge is 0.341 e. The average Bonchev–Trinajstić information content (AvgIpc) is 2.96. The lowest BCUT2D eigenvalue weighted by Crippen LogP contribution is -2.35. The number of carboxylic acid groups (broad SMARTS) is 1. The van der Waals surface area contributed by atoms with E-state index in [9.17, 15) is 19.5 Å². The van der Waals surface area contributed by atoms with Crippen LogP contribution < -0.4 is 19.9 Å². The number of carbonyl (C=O) groups is 2. The zero-order chi connectivity index (χ0) is 15.9. The fourth-order valence-electron chi connectivity index (χ4n) is 2.34. The second-order valence-corrected chi connectivity index (χ2v) is 4.61. The zero-order valence-corrected chi connectivity index (χ0v) is 11.6. The molecule has 8 nitrogen and oxygen atoms in total. The van der Waals surface area contributed by atoms with Gasteiger partial charge in [0, 0.05) is 18.8 Å². The van der Waals surface area contributed by atoms with Gasteiger partial charge in [0.25, 0.3) is 0 Å². The maximum absolute atomic E-state index is 12.3. The molecule has 0 bridgehead atoms. The Hall–Kier alpha value is -3.03. The summed E-state index contributed by atoms with van der Waals surface area (Å²) in [6.45, 7) is 2.05. The number of carbonyl (C=O) groups excluding carboxylic acids is 1. The first kappa shape index (κ1) is 13.9. The van der Waals surface area contributed by atoms with E-state index in [1.165, 1.54) is 15.8 Å². The highest BCUT2D eigenvalue weighted by atomic mass is 16.7. The number of fused-ring (bicyclic) bond motifs is 2. The topological polar surface area (TPSA) is 98.1 Å². The molecule has 114 valence electrons. The third-order valence-electron chi connectivity index (χ3n) is 3.43. The van der Waals surface area contributed by atoms with Crippen molar-refractivity contribution in [2.45, 2.75) is 6.92 Å². The van der Waals surface area contributed by atoms with Crippen molar-refractivity contribution in [1.29, 1.82) is 0 Å². The third-order valence-corrected chi connectivity index (χ3v) is 3.43. The van der Waals surface area contributed by atoms with Gasteiger partial charge in [0.2, 0.25) is 18.6 Å². The molecular weight excluding hydrogens is 292 g/mol. The standard InChI is InChI=1S/C14H12N2O6/c1-2-15(6-17)16-5-9(14(19)20)13(18)8-3-11-12(4-10(8)16)22-7-21-11/h3-6H,2,7H2,1H3,(H,19,20). The minimum Gasteiger partial charge on any atom is -0.477 e. The Morgan fingerprint density at radius 1 is 1.41 bits per heavy atom. The summed E-state index contributed by atoms with van der Waals surface area (Å²) in [5.41, 5.74) is -0.695. The zero-order valence-electron chi connectivity index (χ0n) is 11.6. The van der Waals surface area contributed by atoms with Crippen molar-refractivity contribution >= 4 is 23.3 Å². The second-order valence-electron chi connectivity index (χ2n) is 4.61. The van der Waals surface area contributed by atoms with E-state index < -0.39 is 17.0 Å². The molecule has 0 spiro atoms. The first-order chi connectivity index (χ1) is 10.6. The molecule has 0 fully saturated rings. The van der Waals surface area contributed by atoms with Gasteiger partial charge in [-0.2, -0.15) is 0 Å². The molecule has 1 aliphatic rings. The van der Waals surface area contributed by atoms with Crippen molar-refractivity contribution in [3.63, 3.8) is 0 Å². The van der Waals surface area contributed by atoms with E-state index in [-0.39, 0.29) is 12.2 Å². The van der Waals surface area contributed by atoms with E-state index in [1.807, 2.05) is 0 Å². The van der Waals surface area contributed by atoms with Crippen molar-refractivity contribution in [1.82, 2.24) is 4.68 Å².